The lowest BCUT2D eigenvalue weighted by atomic mass is 10.0. The number of H-pyrrole nitrogens is 2. The number of aliphatic hydroxyl groups is 1. The lowest BCUT2D eigenvalue weighted by Gasteiger charge is -2.30. The first-order valence-corrected chi connectivity index (χ1v) is 21.5. The first-order valence-electron chi connectivity index (χ1n) is 21.5. The zero-order valence-corrected chi connectivity index (χ0v) is 36.3. The molecule has 7 amide bonds. The van der Waals surface area contributed by atoms with Crippen molar-refractivity contribution in [3.63, 3.8) is 0 Å². The number of primary amides is 1. The number of imidazole rings is 1. The maximum Gasteiger partial charge on any atom is 0.328 e. The molecular formula is C44H55N11O12. The summed E-state index contributed by atoms with van der Waals surface area (Å²) in [7, 11) is 0. The third-order valence-corrected chi connectivity index (χ3v) is 11.2. The normalized spacial score (nSPS) is 16.1. The zero-order valence-electron chi connectivity index (χ0n) is 36.3. The molecule has 2 aromatic carbocycles. The number of carbonyl (C=O) groups excluding carboxylic acids is 7. The number of nitrogens with two attached hydrogens (primary N) is 2. The van der Waals surface area contributed by atoms with Crippen molar-refractivity contribution in [2.24, 2.45) is 11.5 Å². The Labute approximate surface area is 383 Å². The number of hydrogen-bond donors (Lipinski definition) is 12. The van der Waals surface area contributed by atoms with E-state index in [1.807, 2.05) is 0 Å². The van der Waals surface area contributed by atoms with Crippen LogP contribution < -0.4 is 38.1 Å². The number of para-hydroxylation sites is 1. The Kier molecular flexibility index (Phi) is 18.1. The number of nitrogens with one attached hydrogen (secondary N) is 7. The number of aliphatic carboxylic acids is 2. The molecule has 2 aromatic heterocycles. The first kappa shape index (κ1) is 50.3. The number of fused-ring (bicyclic) bond motifs is 1. The molecule has 7 atom stereocenters. The minimum absolute atomic E-state index is 0.0433. The fraction of sp³-hybridized carbons (Fsp3) is 0.409. The molecule has 0 bridgehead atoms. The quantitative estimate of drug-likeness (QED) is 0.0338. The van der Waals surface area contributed by atoms with Crippen LogP contribution in [0.1, 0.15) is 55.3 Å². The van der Waals surface area contributed by atoms with Crippen molar-refractivity contribution in [3.8, 4) is 0 Å². The Hall–Kier alpha value is -7.66. The maximum atomic E-state index is 14.5. The lowest BCUT2D eigenvalue weighted by molar-refractivity contribution is -0.145. The van der Waals surface area contributed by atoms with E-state index in [4.69, 9.17) is 11.5 Å². The monoisotopic (exact) mass is 929 g/mol. The van der Waals surface area contributed by atoms with Crippen LogP contribution >= 0.6 is 0 Å². The highest BCUT2D eigenvalue weighted by molar-refractivity contribution is 5.98. The van der Waals surface area contributed by atoms with E-state index >= 15 is 0 Å². The van der Waals surface area contributed by atoms with Crippen molar-refractivity contribution in [2.75, 3.05) is 13.2 Å². The molecule has 5 rings (SSSR count). The average molecular weight is 930 g/mol. The van der Waals surface area contributed by atoms with Crippen LogP contribution in [0.2, 0.25) is 0 Å². The van der Waals surface area contributed by atoms with Crippen molar-refractivity contribution < 1.29 is 58.5 Å². The minimum atomic E-state index is -1.64. The van der Waals surface area contributed by atoms with Gasteiger partial charge in [0.1, 0.15) is 36.3 Å². The van der Waals surface area contributed by atoms with Gasteiger partial charge in [0.25, 0.3) is 0 Å². The molecule has 0 unspecified atom stereocenters. The molecule has 1 saturated heterocycles. The second kappa shape index (κ2) is 24.0. The zero-order chi connectivity index (χ0) is 48.6. The van der Waals surface area contributed by atoms with Gasteiger partial charge in [-0.05, 0) is 49.3 Å². The SMILES string of the molecule is NC(=O)CC[C@H](NC(=O)[C@H](CCC(=O)O)NC(=O)[C@H](Cc1cnc[nH]1)NC(=O)[C@@H](N)Cc1ccccc1)C(=O)N[C@@H](Cc1c[nH]c2ccccc12)C(=O)N1CCC[C@H]1C(=O)N[C@@H](CO)C(=O)O. The highest BCUT2D eigenvalue weighted by Gasteiger charge is 2.40. The number of aromatic nitrogens is 3. The van der Waals surface area contributed by atoms with E-state index in [1.165, 1.54) is 17.4 Å². The number of aliphatic hydroxyl groups excluding tert-OH is 1. The number of hydrogen-bond acceptors (Lipinski definition) is 12. The number of carboxylic acid groups (broad SMARTS) is 2. The van der Waals surface area contributed by atoms with Gasteiger partial charge in [-0.25, -0.2) is 9.78 Å². The number of carbonyl (C=O) groups is 9. The summed E-state index contributed by atoms with van der Waals surface area (Å²) in [6.07, 6.45) is 2.70. The summed E-state index contributed by atoms with van der Waals surface area (Å²) in [5, 5.41) is 41.6. The van der Waals surface area contributed by atoms with E-state index in [-0.39, 0.29) is 32.2 Å². The number of likely N-dealkylation sites (tertiary alicyclic amines) is 1. The molecule has 0 saturated carbocycles. The van der Waals surface area contributed by atoms with Crippen molar-refractivity contribution in [2.45, 2.75) is 100 Å². The molecule has 0 radical (unpaired) electrons. The van der Waals surface area contributed by atoms with Gasteiger partial charge in [-0.1, -0.05) is 48.5 Å². The molecule has 1 aliphatic heterocycles. The number of nitrogens with zero attached hydrogens (tertiary/aromatic N) is 2. The van der Waals surface area contributed by atoms with Gasteiger partial charge in [0.15, 0.2) is 0 Å². The van der Waals surface area contributed by atoms with E-state index in [0.29, 0.717) is 28.6 Å². The van der Waals surface area contributed by atoms with Gasteiger partial charge >= 0.3 is 11.9 Å². The van der Waals surface area contributed by atoms with Crippen LogP contribution in [-0.2, 0) is 62.4 Å². The van der Waals surface area contributed by atoms with Crippen LogP contribution in [0.4, 0.5) is 0 Å². The molecule has 1 fully saturated rings. The van der Waals surface area contributed by atoms with Gasteiger partial charge in [0.05, 0.1) is 19.0 Å². The fourth-order valence-corrected chi connectivity index (χ4v) is 7.65. The van der Waals surface area contributed by atoms with Crippen molar-refractivity contribution in [3.05, 3.63) is 90.1 Å². The molecule has 0 spiro atoms. The van der Waals surface area contributed by atoms with E-state index in [0.717, 1.165) is 5.56 Å². The molecule has 14 N–H and O–H groups in total. The van der Waals surface area contributed by atoms with Gasteiger partial charge in [0, 0.05) is 61.2 Å². The van der Waals surface area contributed by atoms with Crippen LogP contribution in [0.5, 0.6) is 0 Å². The highest BCUT2D eigenvalue weighted by Crippen LogP contribution is 2.23. The van der Waals surface area contributed by atoms with Gasteiger partial charge in [-0.2, -0.15) is 0 Å². The number of benzene rings is 2. The Morgan fingerprint density at radius 3 is 1.99 bits per heavy atom. The molecule has 4 aromatic rings. The van der Waals surface area contributed by atoms with Crippen LogP contribution in [0.25, 0.3) is 10.9 Å². The maximum absolute atomic E-state index is 14.5. The Balaban J connectivity index is 1.39. The lowest BCUT2D eigenvalue weighted by Crippen LogP contribution is -2.60. The van der Waals surface area contributed by atoms with Crippen LogP contribution in [0.15, 0.2) is 73.3 Å². The largest absolute Gasteiger partial charge is 0.481 e. The third-order valence-electron chi connectivity index (χ3n) is 11.2. The third kappa shape index (κ3) is 14.4. The van der Waals surface area contributed by atoms with Crippen molar-refractivity contribution >= 4 is 64.2 Å². The van der Waals surface area contributed by atoms with Gasteiger partial charge < -0.3 is 68.2 Å². The van der Waals surface area contributed by atoms with Crippen LogP contribution in [0, 0.1) is 0 Å². The smallest absolute Gasteiger partial charge is 0.328 e. The van der Waals surface area contributed by atoms with Crippen LogP contribution in [-0.4, -0.2) is 144 Å². The standard InChI is InChI=1S/C44H55N11O12/c45-28(17-24-7-2-1-3-8-24)38(60)52-32(19-26-21-47-23-49-26)41(63)51-31(13-15-37(58)59)39(61)50-30(12-14-36(46)57)40(62)53-33(18-25-20-48-29-10-5-4-9-27(25)29)43(65)55-16-6-11-35(55)42(64)54-34(22-56)44(66)67/h1-5,7-10,20-21,23,28,30-35,48,56H,6,11-19,22,45H2,(H2,46,57)(H,47,49)(H,50,61)(H,51,63)(H,52,60)(H,53,62)(H,54,64)(H,58,59)(H,66,67)/t28-,30-,31-,32-,33-,34-,35-/m0/s1. The predicted molar refractivity (Wildman–Crippen MR) is 237 cm³/mol. The van der Waals surface area contributed by atoms with Crippen LogP contribution in [0.3, 0.4) is 0 Å². The summed E-state index contributed by atoms with van der Waals surface area (Å²) >= 11 is 0. The summed E-state index contributed by atoms with van der Waals surface area (Å²) in [4.78, 5) is 130. The van der Waals surface area contributed by atoms with Crippen molar-refractivity contribution in [1.82, 2.24) is 46.4 Å². The van der Waals surface area contributed by atoms with E-state index in [1.54, 1.807) is 60.8 Å². The topological polar surface area (TPSA) is 374 Å². The fourth-order valence-electron chi connectivity index (χ4n) is 7.65. The molecule has 0 aliphatic carbocycles. The minimum Gasteiger partial charge on any atom is -0.481 e. The van der Waals surface area contributed by atoms with E-state index < -0.39 is 128 Å². The molecular weight excluding hydrogens is 875 g/mol. The Morgan fingerprint density at radius 1 is 0.731 bits per heavy atom. The highest BCUT2D eigenvalue weighted by atomic mass is 16.4. The summed E-state index contributed by atoms with van der Waals surface area (Å²) in [6, 6.07) is 6.07. The second-order valence-corrected chi connectivity index (χ2v) is 16.1. The number of rotatable bonds is 25. The molecule has 1 aliphatic rings. The number of aromatic amines is 2. The van der Waals surface area contributed by atoms with Crippen molar-refractivity contribution in [1.29, 1.82) is 0 Å². The second-order valence-electron chi connectivity index (χ2n) is 16.1. The van der Waals surface area contributed by atoms with E-state index in [2.05, 4.69) is 41.5 Å². The molecule has 358 valence electrons. The van der Waals surface area contributed by atoms with Gasteiger partial charge in [-0.15, -0.1) is 0 Å². The Bertz CT molecular complexity index is 2390. The summed E-state index contributed by atoms with van der Waals surface area (Å²) in [5.74, 6) is -8.92. The number of amides is 7. The summed E-state index contributed by atoms with van der Waals surface area (Å²) < 4.78 is 0. The van der Waals surface area contributed by atoms with E-state index in [9.17, 15) is 58.5 Å². The molecule has 23 heteroatoms. The van der Waals surface area contributed by atoms with Gasteiger partial charge in [-0.3, -0.25) is 38.4 Å². The molecule has 67 heavy (non-hydrogen) atoms. The molecule has 23 nitrogen and oxygen atoms in total. The summed E-state index contributed by atoms with van der Waals surface area (Å²) in [5.41, 5.74) is 14.1. The number of carboxylic acids is 2. The molecule has 3 heterocycles. The summed E-state index contributed by atoms with van der Waals surface area (Å²) in [6.45, 7) is -0.867. The van der Waals surface area contributed by atoms with Gasteiger partial charge in [0.2, 0.25) is 41.4 Å². The first-order chi connectivity index (χ1) is 32.0. The predicted octanol–water partition coefficient (Wildman–Crippen LogP) is -2.13. The average Bonchev–Trinajstić information content (AvgIpc) is 4.10. The Morgan fingerprint density at radius 2 is 1.36 bits per heavy atom.